The zero-order valence-corrected chi connectivity index (χ0v) is 31.4. The number of nitrogens with one attached hydrogen (secondary N) is 3. The lowest BCUT2D eigenvalue weighted by atomic mass is 10.00. The van der Waals surface area contributed by atoms with E-state index >= 15 is 0 Å². The maximum absolute atomic E-state index is 12.7. The first kappa shape index (κ1) is 41.5. The number of fused-ring (bicyclic) bond motifs is 2. The third-order valence-corrected chi connectivity index (χ3v) is 9.18. The van der Waals surface area contributed by atoms with Gasteiger partial charge in [0, 0.05) is 77.1 Å². The third-order valence-electron chi connectivity index (χ3n) is 9.18. The molecule has 0 saturated carbocycles. The van der Waals surface area contributed by atoms with Crippen LogP contribution in [0.5, 0.6) is 0 Å². The number of aromatic nitrogens is 2. The molecule has 0 unspecified atom stereocenters. The molecule has 0 bridgehead atoms. The number of pyridine rings is 2. The van der Waals surface area contributed by atoms with E-state index in [0.29, 0.717) is 24.7 Å². The molecule has 0 radical (unpaired) electrons. The molecule has 4 aliphatic rings. The second kappa shape index (κ2) is 16.8. The van der Waals surface area contributed by atoms with Gasteiger partial charge in [0.05, 0.1) is 17.2 Å². The summed E-state index contributed by atoms with van der Waals surface area (Å²) in [5.41, 5.74) is 2.93. The Morgan fingerprint density at radius 3 is 1.78 bits per heavy atom. The van der Waals surface area contributed by atoms with Crippen molar-refractivity contribution in [2.75, 3.05) is 50.9 Å². The first-order valence-electron chi connectivity index (χ1n) is 16.2. The fourth-order valence-corrected chi connectivity index (χ4v) is 6.34. The lowest BCUT2D eigenvalue weighted by Crippen LogP contribution is -2.38. The van der Waals surface area contributed by atoms with E-state index in [4.69, 9.17) is 5.11 Å². The van der Waals surface area contributed by atoms with E-state index in [0.717, 1.165) is 61.5 Å². The minimum atomic E-state index is -0.926. The van der Waals surface area contributed by atoms with Crippen molar-refractivity contribution in [1.29, 1.82) is 0 Å². The van der Waals surface area contributed by atoms with E-state index in [2.05, 4.69) is 53.6 Å². The summed E-state index contributed by atoms with van der Waals surface area (Å²) < 4.78 is 0. The summed E-state index contributed by atoms with van der Waals surface area (Å²) >= 11 is 0. The summed E-state index contributed by atoms with van der Waals surface area (Å²) in [6.45, 7) is 14.8. The van der Waals surface area contributed by atoms with Crippen LogP contribution in [0.15, 0.2) is 24.5 Å². The van der Waals surface area contributed by atoms with Crippen LogP contribution in [-0.4, -0.2) is 117 Å². The van der Waals surface area contributed by atoms with Gasteiger partial charge in [-0.3, -0.25) is 14.4 Å². The maximum Gasteiger partial charge on any atom is 0.337 e. The van der Waals surface area contributed by atoms with Crippen LogP contribution in [0, 0.1) is 0 Å². The maximum atomic E-state index is 12.7. The van der Waals surface area contributed by atoms with Gasteiger partial charge in [-0.25, -0.2) is 14.8 Å². The van der Waals surface area contributed by atoms with Crippen LogP contribution in [0.4, 0.5) is 11.6 Å². The highest BCUT2D eigenvalue weighted by Gasteiger charge is 2.33. The molecule has 0 spiro atoms. The van der Waals surface area contributed by atoms with Crippen LogP contribution in [0.2, 0.25) is 0 Å². The van der Waals surface area contributed by atoms with Crippen LogP contribution in [0.25, 0.3) is 0 Å². The molecule has 4 aliphatic heterocycles. The summed E-state index contributed by atoms with van der Waals surface area (Å²) in [5.74, 6) is 0.960. The number of carboxylic acid groups (broad SMARTS) is 1. The Kier molecular flexibility index (Phi) is 14.2. The number of hydrogen-bond donors (Lipinski definition) is 4. The molecule has 0 aromatic carbocycles. The predicted octanol–water partition coefficient (Wildman–Crippen LogP) is 3.72. The second-order valence-corrected chi connectivity index (χ2v) is 14.2. The monoisotopic (exact) mass is 722 g/mol. The van der Waals surface area contributed by atoms with Crippen molar-refractivity contribution < 1.29 is 24.3 Å². The smallest absolute Gasteiger partial charge is 0.337 e. The lowest BCUT2D eigenvalue weighted by molar-refractivity contribution is -0.130. The summed E-state index contributed by atoms with van der Waals surface area (Å²) in [6, 6.07) is 4.18. The van der Waals surface area contributed by atoms with Gasteiger partial charge < -0.3 is 35.8 Å². The second-order valence-electron chi connectivity index (χ2n) is 14.2. The standard InChI is InChI=1S/C17H24N4O2.C10H12N2O2.C7H14N2O.2ClH/c1-11(22)20(4)14-5-6-21(10-14)16(23)13-7-12-8-17(2,3)19-15(12)18-9-13;1-10(2)4-6-3-7(9(13)14)5-11-8(6)12-10;1-6(10)9(2)7-3-4-8-5-7;;/h7,9,14H,5-6,8,10H2,1-4H3,(H,18,19);3,5H,4H2,1-2H3,(H,11,12)(H,13,14);7-8H,3-5H2,1-2H3;2*1H/t14-;;7-;;/m0.0../s1. The summed E-state index contributed by atoms with van der Waals surface area (Å²) in [7, 11) is 3.66. The van der Waals surface area contributed by atoms with E-state index in [9.17, 15) is 19.2 Å². The van der Waals surface area contributed by atoms with E-state index in [1.807, 2.05) is 18.0 Å². The van der Waals surface area contributed by atoms with E-state index in [-0.39, 0.29) is 65.2 Å². The number of anilines is 2. The number of carbonyl (C=O) groups excluding carboxylic acids is 3. The number of halogens is 2. The Hall–Kier alpha value is -3.68. The highest BCUT2D eigenvalue weighted by Crippen LogP contribution is 2.32. The summed E-state index contributed by atoms with van der Waals surface area (Å²) in [4.78, 5) is 59.6. The topological polar surface area (TPSA) is 160 Å². The van der Waals surface area contributed by atoms with Gasteiger partial charge in [-0.15, -0.1) is 24.8 Å². The van der Waals surface area contributed by atoms with Gasteiger partial charge in [0.25, 0.3) is 5.91 Å². The Morgan fingerprint density at radius 2 is 1.31 bits per heavy atom. The van der Waals surface area contributed by atoms with Crippen LogP contribution < -0.4 is 16.0 Å². The van der Waals surface area contributed by atoms with Crippen LogP contribution >= 0.6 is 24.8 Å². The van der Waals surface area contributed by atoms with Crippen molar-refractivity contribution in [2.24, 2.45) is 0 Å². The number of carboxylic acids is 1. The molecule has 0 aliphatic carbocycles. The van der Waals surface area contributed by atoms with Crippen molar-refractivity contribution in [3.05, 3.63) is 46.8 Å². The minimum Gasteiger partial charge on any atom is -0.478 e. The van der Waals surface area contributed by atoms with Gasteiger partial charge >= 0.3 is 5.97 Å². The molecule has 6 heterocycles. The van der Waals surface area contributed by atoms with Gasteiger partial charge in [-0.1, -0.05) is 0 Å². The van der Waals surface area contributed by atoms with Crippen LogP contribution in [0.3, 0.4) is 0 Å². The normalized spacial score (nSPS) is 20.2. The van der Waals surface area contributed by atoms with E-state index in [1.165, 1.54) is 6.20 Å². The summed E-state index contributed by atoms with van der Waals surface area (Å²) in [5, 5.41) is 18.6. The van der Waals surface area contributed by atoms with E-state index < -0.39 is 5.97 Å². The largest absolute Gasteiger partial charge is 0.478 e. The Morgan fingerprint density at radius 1 is 0.816 bits per heavy atom. The number of hydrogen-bond acceptors (Lipinski definition) is 9. The number of aromatic carboxylic acids is 1. The Balaban J connectivity index is 0.000000274. The molecular formula is C34H52Cl2N8O5. The molecule has 272 valence electrons. The highest BCUT2D eigenvalue weighted by molar-refractivity contribution is 5.95. The molecule has 49 heavy (non-hydrogen) atoms. The van der Waals surface area contributed by atoms with Crippen LogP contribution in [0.1, 0.15) is 86.2 Å². The van der Waals surface area contributed by atoms with Crippen molar-refractivity contribution >= 4 is 60.1 Å². The molecule has 2 fully saturated rings. The first-order chi connectivity index (χ1) is 22.0. The summed E-state index contributed by atoms with van der Waals surface area (Å²) in [6.07, 6.45) is 6.64. The fraction of sp³-hybridized carbons (Fsp3) is 0.588. The zero-order chi connectivity index (χ0) is 34.7. The zero-order valence-electron chi connectivity index (χ0n) is 29.8. The fourth-order valence-electron chi connectivity index (χ4n) is 6.34. The molecule has 2 saturated heterocycles. The molecule has 4 N–H and O–H groups in total. The van der Waals surface area contributed by atoms with Crippen molar-refractivity contribution in [2.45, 2.75) is 90.4 Å². The van der Waals surface area contributed by atoms with Crippen LogP contribution in [-0.2, 0) is 22.4 Å². The molecule has 2 aromatic rings. The Labute approximate surface area is 301 Å². The van der Waals surface area contributed by atoms with Gasteiger partial charge in [0.15, 0.2) is 0 Å². The number of likely N-dealkylation sites (tertiary alicyclic amines) is 1. The molecule has 2 atom stereocenters. The number of rotatable bonds is 4. The minimum absolute atomic E-state index is 0. The first-order valence-corrected chi connectivity index (χ1v) is 16.2. The van der Waals surface area contributed by atoms with Gasteiger partial charge in [-0.2, -0.15) is 0 Å². The van der Waals surface area contributed by atoms with Gasteiger partial charge in [0.1, 0.15) is 11.6 Å². The van der Waals surface area contributed by atoms with Crippen molar-refractivity contribution in [3.63, 3.8) is 0 Å². The SMILES string of the molecule is CC(=O)N(C)[C@H]1CCN(C(=O)c2cnc3c(c2)CC(C)(C)N3)C1.CC(=O)N(C)[C@H]1CCNC1.CC1(C)Cc2cc(C(=O)O)cnc2N1.Cl.Cl. The highest BCUT2D eigenvalue weighted by atomic mass is 35.5. The lowest BCUT2D eigenvalue weighted by Gasteiger charge is -2.23. The van der Waals surface area contributed by atoms with E-state index in [1.54, 1.807) is 43.0 Å². The van der Waals surface area contributed by atoms with Crippen molar-refractivity contribution in [1.82, 2.24) is 30.0 Å². The quantitative estimate of drug-likeness (QED) is 0.366. The average molecular weight is 724 g/mol. The third kappa shape index (κ3) is 10.7. The van der Waals surface area contributed by atoms with Crippen molar-refractivity contribution in [3.8, 4) is 0 Å². The molecular weight excluding hydrogens is 671 g/mol. The number of nitrogens with zero attached hydrogens (tertiary/aromatic N) is 5. The predicted molar refractivity (Wildman–Crippen MR) is 195 cm³/mol. The molecule has 3 amide bonds. The number of likely N-dealkylation sites (N-methyl/N-ethyl adjacent to an activating group) is 2. The van der Waals surface area contributed by atoms with Gasteiger partial charge in [-0.05, 0) is 83.2 Å². The Bertz CT molecular complexity index is 1520. The van der Waals surface area contributed by atoms with Gasteiger partial charge in [0.2, 0.25) is 11.8 Å². The number of amides is 3. The molecule has 6 rings (SSSR count). The molecule has 13 nitrogen and oxygen atoms in total. The average Bonchev–Trinajstić information content (AvgIpc) is 3.80. The molecule has 2 aromatic heterocycles. The number of carbonyl (C=O) groups is 4. The molecule has 15 heteroatoms.